The van der Waals surface area contributed by atoms with Crippen molar-refractivity contribution in [1.82, 2.24) is 9.88 Å². The highest BCUT2D eigenvalue weighted by Crippen LogP contribution is 2.06. The predicted molar refractivity (Wildman–Crippen MR) is 51.0 cm³/mol. The predicted octanol–water partition coefficient (Wildman–Crippen LogP) is 1.40. The zero-order valence-corrected chi connectivity index (χ0v) is 7.99. The van der Waals surface area contributed by atoms with E-state index in [0.717, 1.165) is 18.7 Å². The van der Waals surface area contributed by atoms with E-state index in [2.05, 4.69) is 22.9 Å². The number of aromatic nitrogens is 1. The van der Waals surface area contributed by atoms with Crippen LogP contribution in [-0.4, -0.2) is 23.5 Å². The summed E-state index contributed by atoms with van der Waals surface area (Å²) in [6.07, 6.45) is 1.65. The molecule has 1 aromatic rings. The minimum Gasteiger partial charge on any atom is -0.302 e. The summed E-state index contributed by atoms with van der Waals surface area (Å²) in [5.74, 6) is 0. The van der Waals surface area contributed by atoms with Crippen molar-refractivity contribution >= 4 is 0 Å². The van der Waals surface area contributed by atoms with Gasteiger partial charge in [-0.2, -0.15) is 5.26 Å². The van der Waals surface area contributed by atoms with Crippen LogP contribution in [0.4, 0.5) is 0 Å². The molecule has 0 aliphatic rings. The second kappa shape index (κ2) is 4.58. The standard InChI is InChI=1S/C10H13N3/c1-3-13(2)8-9-5-4-6-12-10(9)7-11/h4-6H,3,8H2,1-2H3. The molecule has 0 aliphatic heterocycles. The molecule has 3 heteroatoms. The van der Waals surface area contributed by atoms with Gasteiger partial charge in [-0.25, -0.2) is 4.98 Å². The van der Waals surface area contributed by atoms with Crippen LogP contribution in [0.3, 0.4) is 0 Å². The molecule has 0 fully saturated rings. The van der Waals surface area contributed by atoms with Gasteiger partial charge in [0.2, 0.25) is 0 Å². The van der Waals surface area contributed by atoms with Crippen LogP contribution < -0.4 is 0 Å². The van der Waals surface area contributed by atoms with Crippen molar-refractivity contribution in [2.75, 3.05) is 13.6 Å². The van der Waals surface area contributed by atoms with Gasteiger partial charge in [0.1, 0.15) is 11.8 Å². The normalized spacial score (nSPS) is 10.0. The molecule has 0 aliphatic carbocycles. The molecule has 0 spiro atoms. The average molecular weight is 175 g/mol. The van der Waals surface area contributed by atoms with Crippen molar-refractivity contribution in [1.29, 1.82) is 5.26 Å². The highest BCUT2D eigenvalue weighted by Gasteiger charge is 2.03. The van der Waals surface area contributed by atoms with Gasteiger partial charge in [-0.1, -0.05) is 13.0 Å². The summed E-state index contributed by atoms with van der Waals surface area (Å²) in [7, 11) is 2.02. The highest BCUT2D eigenvalue weighted by atomic mass is 15.1. The van der Waals surface area contributed by atoms with E-state index in [9.17, 15) is 0 Å². The van der Waals surface area contributed by atoms with Gasteiger partial charge in [0, 0.05) is 18.3 Å². The van der Waals surface area contributed by atoms with E-state index in [-0.39, 0.29) is 0 Å². The monoisotopic (exact) mass is 175 g/mol. The van der Waals surface area contributed by atoms with Gasteiger partial charge in [0.15, 0.2) is 0 Å². The molecule has 0 aromatic carbocycles. The molecule has 13 heavy (non-hydrogen) atoms. The Hall–Kier alpha value is -1.40. The molecule has 68 valence electrons. The Labute approximate surface area is 78.6 Å². The van der Waals surface area contributed by atoms with Crippen molar-refractivity contribution in [2.45, 2.75) is 13.5 Å². The lowest BCUT2D eigenvalue weighted by Gasteiger charge is -2.13. The summed E-state index contributed by atoms with van der Waals surface area (Å²) in [4.78, 5) is 6.13. The summed E-state index contributed by atoms with van der Waals surface area (Å²) in [6.45, 7) is 3.84. The van der Waals surface area contributed by atoms with Crippen LogP contribution in [0.2, 0.25) is 0 Å². The third-order valence-corrected chi connectivity index (χ3v) is 1.98. The number of hydrogen-bond acceptors (Lipinski definition) is 3. The van der Waals surface area contributed by atoms with Crippen LogP contribution in [-0.2, 0) is 6.54 Å². The van der Waals surface area contributed by atoms with Crippen LogP contribution in [0.1, 0.15) is 18.2 Å². The third kappa shape index (κ3) is 2.53. The number of hydrogen-bond donors (Lipinski definition) is 0. The fraction of sp³-hybridized carbons (Fsp3) is 0.400. The molecule has 1 rings (SSSR count). The summed E-state index contributed by atoms with van der Waals surface area (Å²) in [5.41, 5.74) is 1.53. The lowest BCUT2D eigenvalue weighted by Crippen LogP contribution is -2.17. The van der Waals surface area contributed by atoms with Gasteiger partial charge in [0.25, 0.3) is 0 Å². The molecule has 0 amide bonds. The first-order chi connectivity index (χ1) is 6.27. The topological polar surface area (TPSA) is 39.9 Å². The zero-order chi connectivity index (χ0) is 9.68. The molecule has 0 bridgehead atoms. The molecule has 3 nitrogen and oxygen atoms in total. The molecule has 0 saturated heterocycles. The first-order valence-corrected chi connectivity index (χ1v) is 4.30. The minimum absolute atomic E-state index is 0.530. The van der Waals surface area contributed by atoms with E-state index in [0.29, 0.717) is 5.69 Å². The first kappa shape index (κ1) is 9.69. The van der Waals surface area contributed by atoms with Crippen molar-refractivity contribution < 1.29 is 0 Å². The second-order valence-electron chi connectivity index (χ2n) is 2.95. The molecular formula is C10H13N3. The molecule has 0 unspecified atom stereocenters. The molecule has 1 aromatic heterocycles. The van der Waals surface area contributed by atoms with Crippen LogP contribution >= 0.6 is 0 Å². The summed E-state index contributed by atoms with van der Waals surface area (Å²) in [5, 5.41) is 8.77. The van der Waals surface area contributed by atoms with E-state index >= 15 is 0 Å². The smallest absolute Gasteiger partial charge is 0.144 e. The van der Waals surface area contributed by atoms with Gasteiger partial charge in [0.05, 0.1) is 0 Å². The second-order valence-corrected chi connectivity index (χ2v) is 2.95. The number of pyridine rings is 1. The molecule has 1 heterocycles. The van der Waals surface area contributed by atoms with E-state index < -0.39 is 0 Å². The van der Waals surface area contributed by atoms with Gasteiger partial charge in [-0.3, -0.25) is 0 Å². The SMILES string of the molecule is CCN(C)Cc1cccnc1C#N. The van der Waals surface area contributed by atoms with Crippen LogP contribution in [0, 0.1) is 11.3 Å². The van der Waals surface area contributed by atoms with Crippen LogP contribution in [0.25, 0.3) is 0 Å². The molecular weight excluding hydrogens is 162 g/mol. The van der Waals surface area contributed by atoms with Gasteiger partial charge < -0.3 is 4.90 Å². The molecule has 0 saturated carbocycles. The summed E-state index contributed by atoms with van der Waals surface area (Å²) < 4.78 is 0. The minimum atomic E-state index is 0.530. The van der Waals surface area contributed by atoms with Crippen LogP contribution in [0.15, 0.2) is 18.3 Å². The number of nitrogens with zero attached hydrogens (tertiary/aromatic N) is 3. The van der Waals surface area contributed by atoms with E-state index in [1.54, 1.807) is 6.20 Å². The molecule has 0 radical (unpaired) electrons. The first-order valence-electron chi connectivity index (χ1n) is 4.30. The van der Waals surface area contributed by atoms with Crippen molar-refractivity contribution in [3.63, 3.8) is 0 Å². The lowest BCUT2D eigenvalue weighted by atomic mass is 10.2. The van der Waals surface area contributed by atoms with E-state index in [1.165, 1.54) is 0 Å². The van der Waals surface area contributed by atoms with E-state index in [4.69, 9.17) is 5.26 Å². The van der Waals surface area contributed by atoms with Crippen molar-refractivity contribution in [3.05, 3.63) is 29.6 Å². The average Bonchev–Trinajstić information content (AvgIpc) is 2.18. The summed E-state index contributed by atoms with van der Waals surface area (Å²) in [6, 6.07) is 5.89. The number of rotatable bonds is 3. The van der Waals surface area contributed by atoms with E-state index in [1.807, 2.05) is 19.2 Å². The van der Waals surface area contributed by atoms with Gasteiger partial charge in [-0.05, 0) is 19.7 Å². The van der Waals surface area contributed by atoms with Gasteiger partial charge >= 0.3 is 0 Å². The molecule has 0 atom stereocenters. The van der Waals surface area contributed by atoms with Crippen LogP contribution in [0.5, 0.6) is 0 Å². The fourth-order valence-electron chi connectivity index (χ4n) is 1.07. The zero-order valence-electron chi connectivity index (χ0n) is 7.99. The van der Waals surface area contributed by atoms with Gasteiger partial charge in [-0.15, -0.1) is 0 Å². The summed E-state index contributed by atoms with van der Waals surface area (Å²) >= 11 is 0. The quantitative estimate of drug-likeness (QED) is 0.697. The Morgan fingerprint density at radius 2 is 2.38 bits per heavy atom. The lowest BCUT2D eigenvalue weighted by molar-refractivity contribution is 0.345. The van der Waals surface area contributed by atoms with Crippen molar-refractivity contribution in [3.8, 4) is 6.07 Å². The highest BCUT2D eigenvalue weighted by molar-refractivity contribution is 5.30. The Morgan fingerprint density at radius 3 is 3.00 bits per heavy atom. The van der Waals surface area contributed by atoms with Crippen molar-refractivity contribution in [2.24, 2.45) is 0 Å². The fourth-order valence-corrected chi connectivity index (χ4v) is 1.07. The Morgan fingerprint density at radius 1 is 1.62 bits per heavy atom. The Kier molecular flexibility index (Phi) is 3.41. The Balaban J connectivity index is 2.82. The maximum atomic E-state index is 8.77. The molecule has 0 N–H and O–H groups in total. The third-order valence-electron chi connectivity index (χ3n) is 1.98. The number of nitriles is 1. The largest absolute Gasteiger partial charge is 0.302 e. The maximum Gasteiger partial charge on any atom is 0.144 e. The maximum absolute atomic E-state index is 8.77. The Bertz CT molecular complexity index is 314.